The van der Waals surface area contributed by atoms with Crippen LogP contribution in [0, 0.1) is 0 Å². The molecule has 0 aliphatic rings. The minimum Gasteiger partial charge on any atom is -0.456 e. The number of nitrogens with one attached hydrogen (secondary N) is 1. The third kappa shape index (κ3) is 60.3. The van der Waals surface area contributed by atoms with Gasteiger partial charge in [-0.25, -0.2) is 4.57 Å². The molecule has 0 saturated heterocycles. The fraction of sp³-hybridized carbons (Fsp3) is 0.829. The third-order valence-corrected chi connectivity index (χ3v) is 16.2. The summed E-state index contributed by atoms with van der Waals surface area (Å²) in [5, 5.41) is 3.07. The number of amides is 1. The van der Waals surface area contributed by atoms with Crippen molar-refractivity contribution in [2.75, 3.05) is 40.9 Å². The van der Waals surface area contributed by atoms with Gasteiger partial charge >= 0.3 is 13.8 Å². The van der Waals surface area contributed by atoms with E-state index >= 15 is 0 Å². The predicted molar refractivity (Wildman–Crippen MR) is 346 cm³/mol. The first-order chi connectivity index (χ1) is 38.9. The van der Waals surface area contributed by atoms with Crippen molar-refractivity contribution in [3.8, 4) is 0 Å². The van der Waals surface area contributed by atoms with Crippen molar-refractivity contribution in [3.63, 3.8) is 0 Å². The van der Waals surface area contributed by atoms with Crippen LogP contribution < -0.4 is 5.32 Å². The molecule has 80 heavy (non-hydrogen) atoms. The van der Waals surface area contributed by atoms with Crippen LogP contribution in [0.5, 0.6) is 0 Å². The maximum absolute atomic E-state index is 13.6. The highest BCUT2D eigenvalue weighted by Crippen LogP contribution is 2.43. The number of rotatable bonds is 62. The molecular formula is C70H132N2O7P+. The Balaban J connectivity index is 5.13. The number of carbonyl (C=O) groups excluding carboxylic acids is 2. The summed E-state index contributed by atoms with van der Waals surface area (Å²) < 4.78 is 30.8. The topological polar surface area (TPSA) is 111 Å². The number of phosphoric ester groups is 1. The Kier molecular flexibility index (Phi) is 58.1. The lowest BCUT2D eigenvalue weighted by atomic mass is 10.0. The quantitative estimate of drug-likeness (QED) is 0.0205. The number of esters is 1. The number of phosphoric acid groups is 1. The van der Waals surface area contributed by atoms with E-state index in [1.165, 1.54) is 218 Å². The van der Waals surface area contributed by atoms with Crippen LogP contribution in [0.15, 0.2) is 60.8 Å². The minimum atomic E-state index is -4.45. The summed E-state index contributed by atoms with van der Waals surface area (Å²) in [5.41, 5.74) is 0. The van der Waals surface area contributed by atoms with Crippen LogP contribution in [0.25, 0.3) is 0 Å². The zero-order valence-electron chi connectivity index (χ0n) is 53.6. The van der Waals surface area contributed by atoms with Gasteiger partial charge in [0, 0.05) is 12.8 Å². The van der Waals surface area contributed by atoms with Gasteiger partial charge in [0.25, 0.3) is 0 Å². The molecule has 0 heterocycles. The summed E-state index contributed by atoms with van der Waals surface area (Å²) >= 11 is 0. The highest BCUT2D eigenvalue weighted by molar-refractivity contribution is 7.47. The molecule has 3 unspecified atom stereocenters. The molecule has 0 spiro atoms. The highest BCUT2D eigenvalue weighted by Gasteiger charge is 2.30. The average Bonchev–Trinajstić information content (AvgIpc) is 3.43. The SMILES string of the molecule is CCCCC/C=C\C/C=C\C/C=C\CCCCCCCCCCCCC(=O)OC(/C=C/CCCCCCCCCCCC)C(COP(=O)(O)OCC[N+](C)(C)C)NC(=O)CCCCCCCCCCC/C=C/CCCCCCCC. The smallest absolute Gasteiger partial charge is 0.456 e. The van der Waals surface area contributed by atoms with Gasteiger partial charge in [-0.3, -0.25) is 18.6 Å². The monoisotopic (exact) mass is 1140 g/mol. The zero-order chi connectivity index (χ0) is 58.6. The fourth-order valence-electron chi connectivity index (χ4n) is 9.88. The maximum Gasteiger partial charge on any atom is 0.472 e. The summed E-state index contributed by atoms with van der Waals surface area (Å²) in [6.45, 7) is 7.01. The van der Waals surface area contributed by atoms with E-state index in [1.807, 2.05) is 33.3 Å². The third-order valence-electron chi connectivity index (χ3n) is 15.2. The number of hydrogen-bond donors (Lipinski definition) is 2. The Morgan fingerprint density at radius 1 is 0.438 bits per heavy atom. The van der Waals surface area contributed by atoms with Gasteiger partial charge < -0.3 is 19.4 Å². The largest absolute Gasteiger partial charge is 0.472 e. The van der Waals surface area contributed by atoms with Gasteiger partial charge in [-0.15, -0.1) is 0 Å². The molecule has 0 aromatic carbocycles. The number of carbonyl (C=O) groups is 2. The van der Waals surface area contributed by atoms with Gasteiger partial charge in [-0.1, -0.05) is 275 Å². The van der Waals surface area contributed by atoms with E-state index in [0.29, 0.717) is 17.4 Å². The van der Waals surface area contributed by atoms with Gasteiger partial charge in [0.05, 0.1) is 33.8 Å². The Hall–Kier alpha value is -2.29. The van der Waals surface area contributed by atoms with Crippen LogP contribution in [-0.4, -0.2) is 74.3 Å². The van der Waals surface area contributed by atoms with Gasteiger partial charge in [-0.05, 0) is 96.0 Å². The van der Waals surface area contributed by atoms with Crippen LogP contribution >= 0.6 is 7.82 Å². The molecule has 10 heteroatoms. The van der Waals surface area contributed by atoms with Crippen molar-refractivity contribution >= 4 is 19.7 Å². The second kappa shape index (κ2) is 59.9. The van der Waals surface area contributed by atoms with Crippen LogP contribution in [0.2, 0.25) is 0 Å². The van der Waals surface area contributed by atoms with Crippen molar-refractivity contribution in [2.45, 2.75) is 335 Å². The Bertz CT molecular complexity index is 1550. The van der Waals surface area contributed by atoms with E-state index < -0.39 is 20.0 Å². The highest BCUT2D eigenvalue weighted by atomic mass is 31.2. The Morgan fingerprint density at radius 2 is 0.762 bits per heavy atom. The Labute approximate surface area is 496 Å². The molecule has 0 bridgehead atoms. The van der Waals surface area contributed by atoms with E-state index in [9.17, 15) is 19.0 Å². The average molecular weight is 1140 g/mol. The number of quaternary nitrogens is 1. The normalized spacial score (nSPS) is 13.9. The number of unbranched alkanes of at least 4 members (excludes halogenated alkanes) is 38. The van der Waals surface area contributed by atoms with Crippen LogP contribution in [0.4, 0.5) is 0 Å². The molecule has 0 aromatic heterocycles. The van der Waals surface area contributed by atoms with Crippen LogP contribution in [-0.2, 0) is 27.9 Å². The van der Waals surface area contributed by atoms with Gasteiger partial charge in [-0.2, -0.15) is 0 Å². The molecular weight excluding hydrogens is 1010 g/mol. The van der Waals surface area contributed by atoms with Gasteiger partial charge in [0.2, 0.25) is 5.91 Å². The van der Waals surface area contributed by atoms with E-state index in [4.69, 9.17) is 13.8 Å². The van der Waals surface area contributed by atoms with Crippen molar-refractivity contribution in [1.29, 1.82) is 0 Å². The molecule has 9 nitrogen and oxygen atoms in total. The van der Waals surface area contributed by atoms with E-state index in [0.717, 1.165) is 70.6 Å². The van der Waals surface area contributed by atoms with Crippen molar-refractivity contribution in [2.24, 2.45) is 0 Å². The molecule has 468 valence electrons. The second-order valence-corrected chi connectivity index (χ2v) is 25.8. The first kappa shape index (κ1) is 77.7. The molecule has 0 fully saturated rings. The number of nitrogens with zero attached hydrogens (tertiary/aromatic N) is 1. The molecule has 0 saturated carbocycles. The summed E-state index contributed by atoms with van der Waals surface area (Å²) in [5.74, 6) is -0.502. The number of likely N-dealkylation sites (N-methyl/N-ethyl adjacent to an activating group) is 1. The lowest BCUT2D eigenvalue weighted by Gasteiger charge is -2.27. The molecule has 0 aromatic rings. The lowest BCUT2D eigenvalue weighted by Crippen LogP contribution is -2.47. The predicted octanol–water partition coefficient (Wildman–Crippen LogP) is 21.4. The first-order valence-electron chi connectivity index (χ1n) is 34.1. The molecule has 3 atom stereocenters. The van der Waals surface area contributed by atoms with Crippen LogP contribution in [0.1, 0.15) is 323 Å². The first-order valence-corrected chi connectivity index (χ1v) is 35.6. The van der Waals surface area contributed by atoms with Crippen molar-refractivity contribution in [3.05, 3.63) is 60.8 Å². The minimum absolute atomic E-state index is 0.0389. The number of ether oxygens (including phenoxy) is 1. The van der Waals surface area contributed by atoms with Crippen molar-refractivity contribution in [1.82, 2.24) is 5.32 Å². The van der Waals surface area contributed by atoms with Gasteiger partial charge in [0.1, 0.15) is 19.3 Å². The van der Waals surface area contributed by atoms with E-state index in [1.54, 1.807) is 0 Å². The molecule has 1 amide bonds. The Morgan fingerprint density at radius 3 is 1.18 bits per heavy atom. The summed E-state index contributed by atoms with van der Waals surface area (Å²) in [4.78, 5) is 37.8. The number of allylic oxidation sites excluding steroid dienone is 9. The van der Waals surface area contributed by atoms with E-state index in [-0.39, 0.29) is 31.5 Å². The van der Waals surface area contributed by atoms with Crippen LogP contribution in [0.3, 0.4) is 0 Å². The van der Waals surface area contributed by atoms with E-state index in [2.05, 4.69) is 74.7 Å². The lowest BCUT2D eigenvalue weighted by molar-refractivity contribution is -0.870. The summed E-state index contributed by atoms with van der Waals surface area (Å²) in [6, 6.07) is -0.852. The fourth-order valence-corrected chi connectivity index (χ4v) is 10.6. The second-order valence-electron chi connectivity index (χ2n) is 24.3. The van der Waals surface area contributed by atoms with Crippen molar-refractivity contribution < 1.29 is 37.3 Å². The molecule has 0 aliphatic carbocycles. The van der Waals surface area contributed by atoms with Gasteiger partial charge in [0.15, 0.2) is 0 Å². The number of hydrogen-bond acceptors (Lipinski definition) is 6. The molecule has 0 aliphatic heterocycles. The zero-order valence-corrected chi connectivity index (χ0v) is 54.5. The maximum atomic E-state index is 13.6. The summed E-state index contributed by atoms with van der Waals surface area (Å²) in [6.07, 6.45) is 76.5. The molecule has 2 N–H and O–H groups in total. The standard InChI is InChI=1S/C70H131N2O7P/c1-7-10-13-16-19-22-25-28-30-32-34-35-36-37-39-41-43-45-48-51-54-57-60-63-70(74)79-68(61-58-55-52-49-46-27-24-21-18-15-12-9-3)67(66-78-80(75,76)77-65-64-72(4,5)6)71-69(73)62-59-56-53-50-47-44-42-40-38-33-31-29-26-23-20-17-14-11-8-2/h19,22,28-31,34-35,58,61,67-68H,7-18,20-21,23-27,32-33,36-57,59-60,62-66H2,1-6H3,(H-,71,73,75,76)/p+1/b22-19-,30-28-,31-29+,35-34-,61-58+. The molecule has 0 rings (SSSR count). The molecule has 0 radical (unpaired) electrons. The summed E-state index contributed by atoms with van der Waals surface area (Å²) in [7, 11) is 1.50.